The third-order valence-electron chi connectivity index (χ3n) is 4.79. The Hall–Kier alpha value is -3.64. The quantitative estimate of drug-likeness (QED) is 0.617. The third-order valence-corrected chi connectivity index (χ3v) is 5.15. The normalized spacial score (nSPS) is 13.2. The zero-order chi connectivity index (χ0) is 21.1. The van der Waals surface area contributed by atoms with Crippen molar-refractivity contribution in [1.29, 1.82) is 0 Å². The minimum atomic E-state index is -0.375. The van der Waals surface area contributed by atoms with E-state index in [1.165, 1.54) is 6.33 Å². The molecule has 0 aliphatic heterocycles. The lowest BCUT2D eigenvalue weighted by molar-refractivity contribution is 0.0974. The summed E-state index contributed by atoms with van der Waals surface area (Å²) < 4.78 is 0. The second kappa shape index (κ2) is 8.39. The fourth-order valence-corrected chi connectivity index (χ4v) is 3.45. The summed E-state index contributed by atoms with van der Waals surface area (Å²) in [7, 11) is 0. The summed E-state index contributed by atoms with van der Waals surface area (Å²) in [4.78, 5) is 45.4. The highest BCUT2D eigenvalue weighted by Gasteiger charge is 2.30. The summed E-state index contributed by atoms with van der Waals surface area (Å²) in [5.74, 6) is -0.740. The molecule has 2 aromatic carbocycles. The van der Waals surface area contributed by atoms with Gasteiger partial charge in [-0.2, -0.15) is 0 Å². The molecule has 30 heavy (non-hydrogen) atoms. The molecule has 1 aromatic heterocycles. The first-order valence-electron chi connectivity index (χ1n) is 9.23. The van der Waals surface area contributed by atoms with Crippen LogP contribution in [0.1, 0.15) is 42.3 Å². The SMILES string of the molecule is O=C(Cc1ccncn1)c1ccc(CNC2=C(Cl)C(=O)c3ccccc3C2=O)cc1. The summed E-state index contributed by atoms with van der Waals surface area (Å²) in [6.07, 6.45) is 3.20. The van der Waals surface area contributed by atoms with E-state index in [0.717, 1.165) is 5.56 Å². The molecule has 1 aliphatic carbocycles. The molecule has 6 nitrogen and oxygen atoms in total. The average molecular weight is 418 g/mol. The van der Waals surface area contributed by atoms with Gasteiger partial charge in [0.1, 0.15) is 17.1 Å². The van der Waals surface area contributed by atoms with Crippen LogP contribution in [0.2, 0.25) is 0 Å². The van der Waals surface area contributed by atoms with Crippen molar-refractivity contribution in [2.45, 2.75) is 13.0 Å². The van der Waals surface area contributed by atoms with Gasteiger partial charge < -0.3 is 5.32 Å². The summed E-state index contributed by atoms with van der Waals surface area (Å²) in [5.41, 5.74) is 2.79. The Morgan fingerprint density at radius 3 is 2.30 bits per heavy atom. The molecule has 0 spiro atoms. The van der Waals surface area contributed by atoms with Crippen LogP contribution in [-0.4, -0.2) is 27.3 Å². The maximum absolute atomic E-state index is 12.7. The van der Waals surface area contributed by atoms with Gasteiger partial charge in [0.25, 0.3) is 0 Å². The van der Waals surface area contributed by atoms with Gasteiger partial charge in [0, 0.05) is 29.4 Å². The van der Waals surface area contributed by atoms with Gasteiger partial charge in [-0.1, -0.05) is 60.1 Å². The molecule has 0 saturated heterocycles. The van der Waals surface area contributed by atoms with Crippen LogP contribution in [0.15, 0.2) is 77.9 Å². The number of nitrogens with one attached hydrogen (secondary N) is 1. The van der Waals surface area contributed by atoms with Crippen LogP contribution in [0.5, 0.6) is 0 Å². The zero-order valence-corrected chi connectivity index (χ0v) is 16.5. The van der Waals surface area contributed by atoms with E-state index in [2.05, 4.69) is 15.3 Å². The van der Waals surface area contributed by atoms with Crippen LogP contribution in [0.4, 0.5) is 0 Å². The number of carbonyl (C=O) groups is 3. The fraction of sp³-hybridized carbons (Fsp3) is 0.0870. The van der Waals surface area contributed by atoms with E-state index in [1.54, 1.807) is 60.8 Å². The molecule has 7 heteroatoms. The number of nitrogens with zero attached hydrogens (tertiary/aromatic N) is 2. The van der Waals surface area contributed by atoms with Crippen molar-refractivity contribution in [2.75, 3.05) is 0 Å². The van der Waals surface area contributed by atoms with Crippen molar-refractivity contribution in [2.24, 2.45) is 0 Å². The largest absolute Gasteiger partial charge is 0.376 e. The van der Waals surface area contributed by atoms with Gasteiger partial charge in [0.15, 0.2) is 5.78 Å². The number of ketones is 3. The number of halogens is 1. The van der Waals surface area contributed by atoms with Crippen molar-refractivity contribution >= 4 is 29.0 Å². The van der Waals surface area contributed by atoms with Crippen LogP contribution in [0, 0.1) is 0 Å². The molecule has 0 saturated carbocycles. The standard InChI is InChI=1S/C23H16ClN3O3/c24-20-21(23(30)18-4-2-1-3-17(18)22(20)29)26-12-14-5-7-15(8-6-14)19(28)11-16-9-10-25-13-27-16/h1-10,13,26H,11-12H2. The maximum Gasteiger partial charge on any atom is 0.211 e. The zero-order valence-electron chi connectivity index (χ0n) is 15.8. The van der Waals surface area contributed by atoms with E-state index < -0.39 is 0 Å². The van der Waals surface area contributed by atoms with E-state index in [0.29, 0.717) is 22.4 Å². The van der Waals surface area contributed by atoms with E-state index >= 15 is 0 Å². The van der Waals surface area contributed by atoms with Gasteiger partial charge in [0.2, 0.25) is 11.6 Å². The van der Waals surface area contributed by atoms with Gasteiger partial charge in [0.05, 0.1) is 12.1 Å². The first-order valence-corrected chi connectivity index (χ1v) is 9.61. The van der Waals surface area contributed by atoms with Crippen molar-refractivity contribution in [1.82, 2.24) is 15.3 Å². The molecule has 0 fully saturated rings. The number of hydrogen-bond donors (Lipinski definition) is 1. The predicted molar refractivity (Wildman–Crippen MR) is 111 cm³/mol. The summed E-state index contributed by atoms with van der Waals surface area (Å²) in [6.45, 7) is 0.285. The number of carbonyl (C=O) groups excluding carboxylic acids is 3. The van der Waals surface area contributed by atoms with E-state index in [-0.39, 0.29) is 41.0 Å². The highest BCUT2D eigenvalue weighted by molar-refractivity contribution is 6.49. The van der Waals surface area contributed by atoms with E-state index in [9.17, 15) is 14.4 Å². The lowest BCUT2D eigenvalue weighted by Crippen LogP contribution is -2.28. The Balaban J connectivity index is 1.44. The van der Waals surface area contributed by atoms with Gasteiger partial charge in [-0.05, 0) is 11.6 Å². The van der Waals surface area contributed by atoms with Gasteiger partial charge >= 0.3 is 0 Å². The predicted octanol–water partition coefficient (Wildman–Crippen LogP) is 3.52. The molecule has 1 N–H and O–H groups in total. The molecule has 1 heterocycles. The number of allylic oxidation sites excluding steroid dienone is 2. The molecular formula is C23H16ClN3O3. The number of rotatable bonds is 6. The van der Waals surface area contributed by atoms with Gasteiger partial charge in [-0.15, -0.1) is 0 Å². The van der Waals surface area contributed by atoms with Crippen molar-refractivity contribution in [3.05, 3.63) is 106 Å². The molecule has 148 valence electrons. The van der Waals surface area contributed by atoms with Gasteiger partial charge in [-0.25, -0.2) is 9.97 Å². The highest BCUT2D eigenvalue weighted by Crippen LogP contribution is 2.27. The smallest absolute Gasteiger partial charge is 0.211 e. The Kier molecular flexibility index (Phi) is 5.50. The number of Topliss-reactive ketones (excluding diaryl/α,β-unsaturated/α-hetero) is 3. The molecule has 0 atom stereocenters. The van der Waals surface area contributed by atoms with Crippen molar-refractivity contribution in [3.63, 3.8) is 0 Å². The maximum atomic E-state index is 12.7. The summed E-state index contributed by atoms with van der Waals surface area (Å²) >= 11 is 6.16. The first kappa shape index (κ1) is 19.7. The van der Waals surface area contributed by atoms with Crippen LogP contribution >= 0.6 is 11.6 Å². The molecule has 0 radical (unpaired) electrons. The molecule has 4 rings (SSSR count). The Bertz CT molecular complexity index is 1170. The average Bonchev–Trinajstić information content (AvgIpc) is 2.78. The Morgan fingerprint density at radius 2 is 1.63 bits per heavy atom. The van der Waals surface area contributed by atoms with Crippen molar-refractivity contribution in [3.8, 4) is 0 Å². The number of fused-ring (bicyclic) bond motifs is 1. The lowest BCUT2D eigenvalue weighted by atomic mass is 9.92. The Labute approximate surface area is 177 Å². The second-order valence-electron chi connectivity index (χ2n) is 6.74. The highest BCUT2D eigenvalue weighted by atomic mass is 35.5. The summed E-state index contributed by atoms with van der Waals surface area (Å²) in [5, 5.41) is 2.86. The van der Waals surface area contributed by atoms with Crippen LogP contribution in [0.25, 0.3) is 0 Å². The molecule has 3 aromatic rings. The van der Waals surface area contributed by atoms with Crippen LogP contribution < -0.4 is 5.32 Å². The Morgan fingerprint density at radius 1 is 0.933 bits per heavy atom. The van der Waals surface area contributed by atoms with E-state index in [4.69, 9.17) is 11.6 Å². The number of benzene rings is 2. The minimum Gasteiger partial charge on any atom is -0.376 e. The first-order chi connectivity index (χ1) is 14.5. The molecule has 0 bridgehead atoms. The second-order valence-corrected chi connectivity index (χ2v) is 7.12. The molecule has 0 unspecified atom stereocenters. The lowest BCUT2D eigenvalue weighted by Gasteiger charge is -2.19. The molecular weight excluding hydrogens is 402 g/mol. The van der Waals surface area contributed by atoms with Gasteiger partial charge in [-0.3, -0.25) is 14.4 Å². The van der Waals surface area contributed by atoms with Crippen LogP contribution in [-0.2, 0) is 13.0 Å². The van der Waals surface area contributed by atoms with Crippen LogP contribution in [0.3, 0.4) is 0 Å². The topological polar surface area (TPSA) is 89.0 Å². The molecule has 0 amide bonds. The number of hydrogen-bond acceptors (Lipinski definition) is 6. The third kappa shape index (κ3) is 3.90. The van der Waals surface area contributed by atoms with E-state index in [1.807, 2.05) is 0 Å². The number of aromatic nitrogens is 2. The minimum absolute atomic E-state index is 0.0522. The molecule has 1 aliphatic rings. The fourth-order valence-electron chi connectivity index (χ4n) is 3.19. The van der Waals surface area contributed by atoms with Crippen molar-refractivity contribution < 1.29 is 14.4 Å². The summed E-state index contributed by atoms with van der Waals surface area (Å²) in [6, 6.07) is 15.3. The monoisotopic (exact) mass is 417 g/mol.